The van der Waals surface area contributed by atoms with Gasteiger partial charge in [0.2, 0.25) is 5.91 Å². The van der Waals surface area contributed by atoms with Gasteiger partial charge in [0.1, 0.15) is 5.76 Å². The molecule has 2 N–H and O–H groups in total. The van der Waals surface area contributed by atoms with Gasteiger partial charge >= 0.3 is 0 Å². The molecule has 84 valence electrons. The van der Waals surface area contributed by atoms with Gasteiger partial charge in [0.15, 0.2) is 0 Å². The van der Waals surface area contributed by atoms with Crippen LogP contribution in [0.1, 0.15) is 18.6 Å². The van der Waals surface area contributed by atoms with Gasteiger partial charge in [-0.25, -0.2) is 0 Å². The van der Waals surface area contributed by atoms with Gasteiger partial charge in [0, 0.05) is 12.0 Å². The minimum Gasteiger partial charge on any atom is -0.465 e. The second-order valence-electron chi connectivity index (χ2n) is 3.60. The van der Waals surface area contributed by atoms with E-state index in [4.69, 9.17) is 4.42 Å². The lowest BCUT2D eigenvalue weighted by atomic mass is 10.4. The quantitative estimate of drug-likeness (QED) is 0.586. The van der Waals surface area contributed by atoms with Gasteiger partial charge in [-0.15, -0.1) is 0 Å². The predicted octanol–water partition coefficient (Wildman–Crippen LogP) is 0.850. The Hall–Kier alpha value is -2.04. The molecule has 0 aliphatic heterocycles. The van der Waals surface area contributed by atoms with Crippen molar-refractivity contribution in [3.05, 3.63) is 30.2 Å². The highest BCUT2D eigenvalue weighted by Crippen LogP contribution is 2.28. The van der Waals surface area contributed by atoms with Gasteiger partial charge < -0.3 is 4.42 Å². The number of carbonyl (C=O) groups excluding carboxylic acids is 2. The molecule has 0 atom stereocenters. The zero-order chi connectivity index (χ0) is 11.4. The number of carbonyl (C=O) groups is 2. The van der Waals surface area contributed by atoms with Gasteiger partial charge in [-0.2, -0.15) is 0 Å². The second-order valence-corrected chi connectivity index (χ2v) is 3.60. The second kappa shape index (κ2) is 4.65. The summed E-state index contributed by atoms with van der Waals surface area (Å²) in [4.78, 5) is 22.4. The van der Waals surface area contributed by atoms with E-state index < -0.39 is 0 Å². The first-order chi connectivity index (χ1) is 7.75. The summed E-state index contributed by atoms with van der Waals surface area (Å²) in [6, 6.07) is 3.46. The van der Waals surface area contributed by atoms with Crippen molar-refractivity contribution in [1.82, 2.24) is 10.9 Å². The summed E-state index contributed by atoms with van der Waals surface area (Å²) in [7, 11) is 0. The molecule has 5 nitrogen and oxygen atoms in total. The van der Waals surface area contributed by atoms with Gasteiger partial charge in [0.25, 0.3) is 5.91 Å². The summed E-state index contributed by atoms with van der Waals surface area (Å²) in [5.41, 5.74) is 4.65. The van der Waals surface area contributed by atoms with Crippen molar-refractivity contribution in [3.8, 4) is 0 Å². The molecule has 5 heteroatoms. The van der Waals surface area contributed by atoms with Crippen LogP contribution in [0.5, 0.6) is 0 Å². The van der Waals surface area contributed by atoms with Crippen molar-refractivity contribution in [3.63, 3.8) is 0 Å². The molecule has 1 aliphatic rings. The fraction of sp³-hybridized carbons (Fsp3) is 0.273. The first-order valence-electron chi connectivity index (χ1n) is 5.07. The molecule has 1 aromatic heterocycles. The van der Waals surface area contributed by atoms with Crippen LogP contribution in [0.15, 0.2) is 28.9 Å². The van der Waals surface area contributed by atoms with E-state index in [0.717, 1.165) is 12.8 Å². The molecule has 0 bridgehead atoms. The predicted molar refractivity (Wildman–Crippen MR) is 56.8 cm³/mol. The van der Waals surface area contributed by atoms with Crippen LogP contribution in [0.25, 0.3) is 6.08 Å². The highest BCUT2D eigenvalue weighted by molar-refractivity contribution is 5.93. The van der Waals surface area contributed by atoms with Crippen LogP contribution in [0.4, 0.5) is 0 Å². The largest absolute Gasteiger partial charge is 0.465 e. The van der Waals surface area contributed by atoms with Crippen LogP contribution in [-0.4, -0.2) is 11.8 Å². The number of furan rings is 1. The van der Waals surface area contributed by atoms with Crippen LogP contribution >= 0.6 is 0 Å². The third-order valence-electron chi connectivity index (χ3n) is 2.20. The summed E-state index contributed by atoms with van der Waals surface area (Å²) >= 11 is 0. The Morgan fingerprint density at radius 1 is 1.38 bits per heavy atom. The first-order valence-corrected chi connectivity index (χ1v) is 5.07. The fourth-order valence-electron chi connectivity index (χ4n) is 1.16. The van der Waals surface area contributed by atoms with Crippen molar-refractivity contribution in [2.24, 2.45) is 5.92 Å². The summed E-state index contributed by atoms with van der Waals surface area (Å²) in [6.07, 6.45) is 6.16. The topological polar surface area (TPSA) is 71.3 Å². The summed E-state index contributed by atoms with van der Waals surface area (Å²) in [5.74, 6) is 0.156. The van der Waals surface area contributed by atoms with Crippen LogP contribution < -0.4 is 10.9 Å². The number of nitrogens with one attached hydrogen (secondary N) is 2. The standard InChI is InChI=1S/C11H12N2O3/c14-10(6-5-9-2-1-7-16-9)12-13-11(15)8-3-4-8/h1-2,5-8H,3-4H2,(H,12,14)(H,13,15). The molecule has 1 aromatic rings. The Bertz CT molecular complexity index is 405. The summed E-state index contributed by atoms with van der Waals surface area (Å²) in [6.45, 7) is 0. The maximum absolute atomic E-state index is 11.2. The number of hydrogen-bond acceptors (Lipinski definition) is 3. The van der Waals surface area contributed by atoms with E-state index in [2.05, 4.69) is 10.9 Å². The summed E-state index contributed by atoms with van der Waals surface area (Å²) < 4.78 is 5.00. The van der Waals surface area contributed by atoms with E-state index >= 15 is 0 Å². The number of rotatable bonds is 3. The molecule has 2 rings (SSSR count). The molecule has 0 unspecified atom stereocenters. The molecule has 1 fully saturated rings. The maximum atomic E-state index is 11.2. The Labute approximate surface area is 92.5 Å². The molecule has 0 saturated heterocycles. The lowest BCUT2D eigenvalue weighted by Gasteiger charge is -2.02. The molecule has 0 aromatic carbocycles. The smallest absolute Gasteiger partial charge is 0.262 e. The molecule has 1 saturated carbocycles. The minimum atomic E-state index is -0.384. The molecular formula is C11H12N2O3. The van der Waals surface area contributed by atoms with Crippen LogP contribution in [-0.2, 0) is 9.59 Å². The van der Waals surface area contributed by atoms with E-state index in [9.17, 15) is 9.59 Å². The zero-order valence-electron chi connectivity index (χ0n) is 8.60. The normalized spacial score (nSPS) is 15.0. The fourth-order valence-corrected chi connectivity index (χ4v) is 1.16. The molecule has 16 heavy (non-hydrogen) atoms. The zero-order valence-corrected chi connectivity index (χ0v) is 8.60. The van der Waals surface area contributed by atoms with E-state index in [1.807, 2.05) is 0 Å². The average Bonchev–Trinajstić information content (AvgIpc) is 3.01. The van der Waals surface area contributed by atoms with E-state index in [-0.39, 0.29) is 17.7 Å². The van der Waals surface area contributed by atoms with Crippen molar-refractivity contribution in [1.29, 1.82) is 0 Å². The van der Waals surface area contributed by atoms with Gasteiger partial charge in [0.05, 0.1) is 6.26 Å². The number of amides is 2. The third-order valence-corrected chi connectivity index (χ3v) is 2.20. The first kappa shape index (κ1) is 10.5. The highest BCUT2D eigenvalue weighted by atomic mass is 16.3. The maximum Gasteiger partial charge on any atom is 0.262 e. The molecule has 1 heterocycles. The molecular weight excluding hydrogens is 208 g/mol. The Morgan fingerprint density at radius 2 is 2.19 bits per heavy atom. The van der Waals surface area contributed by atoms with Crippen molar-refractivity contribution >= 4 is 17.9 Å². The average molecular weight is 220 g/mol. The summed E-state index contributed by atoms with van der Waals surface area (Å²) in [5, 5.41) is 0. The molecule has 0 spiro atoms. The SMILES string of the molecule is O=C(C=Cc1ccco1)NNC(=O)C1CC1. The van der Waals surface area contributed by atoms with Gasteiger partial charge in [-0.05, 0) is 31.1 Å². The Balaban J connectivity index is 1.73. The molecule has 0 radical (unpaired) electrons. The van der Waals surface area contributed by atoms with Crippen molar-refractivity contribution in [2.75, 3.05) is 0 Å². The van der Waals surface area contributed by atoms with Crippen molar-refractivity contribution < 1.29 is 14.0 Å². The van der Waals surface area contributed by atoms with E-state index in [1.54, 1.807) is 12.1 Å². The van der Waals surface area contributed by atoms with Crippen LogP contribution in [0.3, 0.4) is 0 Å². The molecule has 2 amide bonds. The van der Waals surface area contributed by atoms with E-state index in [1.165, 1.54) is 18.4 Å². The van der Waals surface area contributed by atoms with Crippen molar-refractivity contribution in [2.45, 2.75) is 12.8 Å². The lowest BCUT2D eigenvalue weighted by Crippen LogP contribution is -2.41. The molecule has 1 aliphatic carbocycles. The Morgan fingerprint density at radius 3 is 2.81 bits per heavy atom. The third kappa shape index (κ3) is 2.98. The number of hydrogen-bond donors (Lipinski definition) is 2. The monoisotopic (exact) mass is 220 g/mol. The van der Waals surface area contributed by atoms with Gasteiger partial charge in [-0.1, -0.05) is 0 Å². The van der Waals surface area contributed by atoms with E-state index in [0.29, 0.717) is 5.76 Å². The number of hydrazine groups is 1. The minimum absolute atomic E-state index is 0.0781. The Kier molecular flexibility index (Phi) is 3.05. The highest BCUT2D eigenvalue weighted by Gasteiger charge is 2.29. The van der Waals surface area contributed by atoms with Crippen LogP contribution in [0.2, 0.25) is 0 Å². The van der Waals surface area contributed by atoms with Crippen LogP contribution in [0, 0.1) is 5.92 Å². The van der Waals surface area contributed by atoms with Gasteiger partial charge in [-0.3, -0.25) is 20.4 Å². The lowest BCUT2D eigenvalue weighted by molar-refractivity contribution is -0.127.